The van der Waals surface area contributed by atoms with Gasteiger partial charge in [-0.05, 0) is 56.2 Å². The Balaban J connectivity index is 1.89. The molecule has 3 rings (SSSR count). The van der Waals surface area contributed by atoms with Crippen molar-refractivity contribution >= 4 is 54.2 Å². The van der Waals surface area contributed by atoms with Gasteiger partial charge in [0.15, 0.2) is 5.13 Å². The van der Waals surface area contributed by atoms with Gasteiger partial charge in [-0.2, -0.15) is 0 Å². The highest BCUT2D eigenvalue weighted by Crippen LogP contribution is 2.28. The third kappa shape index (κ3) is 4.52. The molecule has 6 nitrogen and oxygen atoms in total. The molecule has 1 aromatic heterocycles. The van der Waals surface area contributed by atoms with Gasteiger partial charge in [0.1, 0.15) is 0 Å². The zero-order valence-corrected chi connectivity index (χ0v) is 18.0. The first-order chi connectivity index (χ1) is 13.2. The van der Waals surface area contributed by atoms with Crippen LogP contribution in [0.15, 0.2) is 41.3 Å². The zero-order valence-electron chi connectivity index (χ0n) is 15.6. The molecule has 0 radical (unpaired) electrons. The van der Waals surface area contributed by atoms with E-state index in [0.717, 1.165) is 16.6 Å². The van der Waals surface area contributed by atoms with Crippen LogP contribution in [-0.4, -0.2) is 25.4 Å². The van der Waals surface area contributed by atoms with Crippen LogP contribution in [0.1, 0.15) is 36.7 Å². The van der Waals surface area contributed by atoms with Crippen molar-refractivity contribution in [3.63, 3.8) is 0 Å². The highest BCUT2D eigenvalue weighted by atomic mass is 35.5. The Kier molecular flexibility index (Phi) is 6.04. The third-order valence-electron chi connectivity index (χ3n) is 3.97. The molecule has 0 bridgehead atoms. The Hall–Kier alpha value is -2.00. The second-order valence-corrected chi connectivity index (χ2v) is 9.70. The van der Waals surface area contributed by atoms with Crippen molar-refractivity contribution in [1.82, 2.24) is 9.71 Å². The maximum Gasteiger partial charge on any atom is 0.259 e. The number of thiazole rings is 1. The van der Waals surface area contributed by atoms with Crippen LogP contribution in [0.25, 0.3) is 10.2 Å². The lowest BCUT2D eigenvalue weighted by Crippen LogP contribution is -2.30. The second kappa shape index (κ2) is 8.16. The molecule has 1 heterocycles. The van der Waals surface area contributed by atoms with Crippen molar-refractivity contribution in [3.8, 4) is 0 Å². The number of halogens is 1. The summed E-state index contributed by atoms with van der Waals surface area (Å²) < 4.78 is 28.2. The number of nitrogens with one attached hydrogen (secondary N) is 2. The molecule has 0 aliphatic heterocycles. The maximum atomic E-state index is 12.7. The van der Waals surface area contributed by atoms with Crippen LogP contribution in [0.3, 0.4) is 0 Å². The molecular formula is C19H20ClN3O3S2. The molecule has 0 saturated heterocycles. The van der Waals surface area contributed by atoms with Crippen molar-refractivity contribution in [2.45, 2.75) is 38.1 Å². The maximum absolute atomic E-state index is 12.7. The summed E-state index contributed by atoms with van der Waals surface area (Å²) in [5.41, 5.74) is 2.05. The van der Waals surface area contributed by atoms with Gasteiger partial charge in [-0.1, -0.05) is 35.9 Å². The highest BCUT2D eigenvalue weighted by Gasteiger charge is 2.20. The number of fused-ring (bicyclic) bond motifs is 1. The standard InChI is InChI=1S/C19H20ClN3O3S2/c1-4-12-5-8-16-17(9-12)27-19(21-16)22-18(24)14-10-13(6-7-15(14)20)28(25,26)23-11(2)3/h5-11,23H,4H2,1-3H3,(H,21,22,24). The SMILES string of the molecule is CCc1ccc2nc(NC(=O)c3cc(S(=O)(=O)NC(C)C)ccc3Cl)sc2c1. The number of benzene rings is 2. The van der Waals surface area contributed by atoms with E-state index in [1.165, 1.54) is 35.1 Å². The van der Waals surface area contributed by atoms with E-state index in [-0.39, 0.29) is 21.5 Å². The molecule has 0 atom stereocenters. The number of carbonyl (C=O) groups is 1. The first-order valence-electron chi connectivity index (χ1n) is 8.72. The number of aromatic nitrogens is 1. The predicted molar refractivity (Wildman–Crippen MR) is 114 cm³/mol. The summed E-state index contributed by atoms with van der Waals surface area (Å²) in [5, 5.41) is 3.31. The summed E-state index contributed by atoms with van der Waals surface area (Å²) in [6.45, 7) is 5.51. The van der Waals surface area contributed by atoms with Gasteiger partial charge in [0.2, 0.25) is 10.0 Å². The predicted octanol–water partition coefficient (Wildman–Crippen LogP) is 4.45. The minimum absolute atomic E-state index is 0.0207. The van der Waals surface area contributed by atoms with Crippen molar-refractivity contribution < 1.29 is 13.2 Å². The lowest BCUT2D eigenvalue weighted by atomic mass is 10.2. The van der Waals surface area contributed by atoms with E-state index in [1.807, 2.05) is 18.2 Å². The summed E-state index contributed by atoms with van der Waals surface area (Å²) in [5.74, 6) is -0.513. The van der Waals surface area contributed by atoms with Gasteiger partial charge in [0.05, 0.1) is 25.7 Å². The summed E-state index contributed by atoms with van der Waals surface area (Å²) in [6, 6.07) is 9.73. The lowest BCUT2D eigenvalue weighted by molar-refractivity contribution is 0.102. The van der Waals surface area contributed by atoms with Crippen molar-refractivity contribution in [2.75, 3.05) is 5.32 Å². The van der Waals surface area contributed by atoms with Crippen LogP contribution in [0, 0.1) is 0 Å². The fraction of sp³-hybridized carbons (Fsp3) is 0.263. The Morgan fingerprint density at radius 1 is 1.21 bits per heavy atom. The smallest absolute Gasteiger partial charge is 0.259 e. The normalized spacial score (nSPS) is 11.9. The van der Waals surface area contributed by atoms with Gasteiger partial charge in [-0.3, -0.25) is 10.1 Å². The van der Waals surface area contributed by atoms with Gasteiger partial charge in [0.25, 0.3) is 5.91 Å². The summed E-state index contributed by atoms with van der Waals surface area (Å²) >= 11 is 7.50. The van der Waals surface area contributed by atoms with E-state index in [0.29, 0.717) is 5.13 Å². The van der Waals surface area contributed by atoms with Crippen molar-refractivity contribution in [1.29, 1.82) is 0 Å². The molecule has 0 aliphatic rings. The van der Waals surface area contributed by atoms with Crippen LogP contribution in [0.4, 0.5) is 5.13 Å². The number of aryl methyl sites for hydroxylation is 1. The number of anilines is 1. The van der Waals surface area contributed by atoms with Gasteiger partial charge < -0.3 is 0 Å². The fourth-order valence-electron chi connectivity index (χ4n) is 2.63. The molecule has 148 valence electrons. The molecule has 2 aromatic carbocycles. The van der Waals surface area contributed by atoms with Crippen LogP contribution in [0.5, 0.6) is 0 Å². The molecule has 2 N–H and O–H groups in total. The zero-order chi connectivity index (χ0) is 20.5. The molecule has 9 heteroatoms. The van der Waals surface area contributed by atoms with Gasteiger partial charge in [-0.25, -0.2) is 18.1 Å². The minimum atomic E-state index is -3.74. The number of carbonyl (C=O) groups excluding carboxylic acids is 1. The Morgan fingerprint density at radius 2 is 1.96 bits per heavy atom. The van der Waals surface area contributed by atoms with Crippen molar-refractivity contribution in [2.24, 2.45) is 0 Å². The van der Waals surface area contributed by atoms with Crippen LogP contribution < -0.4 is 10.0 Å². The molecule has 0 fully saturated rings. The molecule has 0 saturated carbocycles. The van der Waals surface area contributed by atoms with Crippen LogP contribution in [0.2, 0.25) is 5.02 Å². The highest BCUT2D eigenvalue weighted by molar-refractivity contribution is 7.89. The fourth-order valence-corrected chi connectivity index (χ4v) is 5.04. The van der Waals surface area contributed by atoms with E-state index >= 15 is 0 Å². The average molecular weight is 438 g/mol. The van der Waals surface area contributed by atoms with Crippen LogP contribution >= 0.6 is 22.9 Å². The molecular weight excluding hydrogens is 418 g/mol. The largest absolute Gasteiger partial charge is 0.298 e. The van der Waals surface area contributed by atoms with Gasteiger partial charge >= 0.3 is 0 Å². The number of hydrogen-bond donors (Lipinski definition) is 2. The van der Waals surface area contributed by atoms with E-state index in [1.54, 1.807) is 13.8 Å². The number of rotatable bonds is 6. The molecule has 0 unspecified atom stereocenters. The van der Waals surface area contributed by atoms with E-state index in [2.05, 4.69) is 21.9 Å². The number of hydrogen-bond acceptors (Lipinski definition) is 5. The van der Waals surface area contributed by atoms with Gasteiger partial charge in [-0.15, -0.1) is 0 Å². The molecule has 1 amide bonds. The summed E-state index contributed by atoms with van der Waals surface area (Å²) in [6.07, 6.45) is 0.914. The van der Waals surface area contributed by atoms with E-state index < -0.39 is 15.9 Å². The second-order valence-electron chi connectivity index (χ2n) is 6.55. The molecule has 28 heavy (non-hydrogen) atoms. The molecule has 0 aliphatic carbocycles. The van der Waals surface area contributed by atoms with E-state index in [9.17, 15) is 13.2 Å². The minimum Gasteiger partial charge on any atom is -0.298 e. The lowest BCUT2D eigenvalue weighted by Gasteiger charge is -2.11. The molecule has 3 aromatic rings. The first-order valence-corrected chi connectivity index (χ1v) is 11.4. The number of amides is 1. The summed E-state index contributed by atoms with van der Waals surface area (Å²) in [4.78, 5) is 17.1. The van der Waals surface area contributed by atoms with Gasteiger partial charge in [0, 0.05) is 6.04 Å². The topological polar surface area (TPSA) is 88.2 Å². The Morgan fingerprint density at radius 3 is 2.64 bits per heavy atom. The number of sulfonamides is 1. The third-order valence-corrected chi connectivity index (χ3v) is 6.88. The Labute approximate surface area is 173 Å². The summed E-state index contributed by atoms with van der Waals surface area (Å²) in [7, 11) is -3.74. The average Bonchev–Trinajstić information content (AvgIpc) is 3.01. The van der Waals surface area contributed by atoms with Crippen LogP contribution in [-0.2, 0) is 16.4 Å². The van der Waals surface area contributed by atoms with E-state index in [4.69, 9.17) is 11.6 Å². The monoisotopic (exact) mass is 437 g/mol. The molecule has 0 spiro atoms. The number of nitrogens with zero attached hydrogens (tertiary/aromatic N) is 1. The first kappa shape index (κ1) is 20.7. The Bertz CT molecular complexity index is 1140. The van der Waals surface area contributed by atoms with Crippen molar-refractivity contribution in [3.05, 3.63) is 52.5 Å². The quantitative estimate of drug-likeness (QED) is 0.596.